The van der Waals surface area contributed by atoms with Gasteiger partial charge in [-0.05, 0) is 48.9 Å². The van der Waals surface area contributed by atoms with Crippen molar-refractivity contribution in [2.45, 2.75) is 6.92 Å². The molecule has 136 valence electrons. The summed E-state index contributed by atoms with van der Waals surface area (Å²) < 4.78 is 4.69. The lowest BCUT2D eigenvalue weighted by Crippen LogP contribution is -2.14. The summed E-state index contributed by atoms with van der Waals surface area (Å²) in [6, 6.07) is 17.9. The molecule has 1 heterocycles. The molecule has 0 saturated heterocycles. The van der Waals surface area contributed by atoms with Gasteiger partial charge in [-0.15, -0.1) is 0 Å². The molecule has 27 heavy (non-hydrogen) atoms. The number of amides is 1. The minimum Gasteiger partial charge on any atom is -0.465 e. The molecule has 6 heteroatoms. The molecule has 0 atom stereocenters. The molecule has 0 saturated carbocycles. The van der Waals surface area contributed by atoms with E-state index in [0.717, 1.165) is 16.9 Å². The van der Waals surface area contributed by atoms with Gasteiger partial charge >= 0.3 is 5.97 Å². The topological polar surface area (TPSA) is 80.3 Å². The van der Waals surface area contributed by atoms with E-state index in [1.165, 1.54) is 7.11 Å². The number of anilines is 3. The number of aryl methyl sites for hydroxylation is 1. The fourth-order valence-electron chi connectivity index (χ4n) is 2.54. The molecule has 0 aliphatic carbocycles. The highest BCUT2D eigenvalue weighted by atomic mass is 16.5. The number of pyridine rings is 1. The third kappa shape index (κ3) is 4.49. The van der Waals surface area contributed by atoms with Crippen LogP contribution in [-0.2, 0) is 4.74 Å². The van der Waals surface area contributed by atoms with Crippen molar-refractivity contribution >= 4 is 28.9 Å². The van der Waals surface area contributed by atoms with Crippen LogP contribution in [0.1, 0.15) is 26.4 Å². The Hall–Kier alpha value is -3.67. The summed E-state index contributed by atoms with van der Waals surface area (Å²) in [6.45, 7) is 2.01. The van der Waals surface area contributed by atoms with Crippen molar-refractivity contribution in [2.24, 2.45) is 0 Å². The van der Waals surface area contributed by atoms with Crippen molar-refractivity contribution in [1.82, 2.24) is 4.98 Å². The Balaban J connectivity index is 1.76. The summed E-state index contributed by atoms with van der Waals surface area (Å²) in [4.78, 5) is 28.3. The van der Waals surface area contributed by atoms with Crippen LogP contribution in [0.25, 0.3) is 0 Å². The molecule has 0 bridgehead atoms. The number of methoxy groups -OCH3 is 1. The van der Waals surface area contributed by atoms with E-state index in [9.17, 15) is 9.59 Å². The lowest BCUT2D eigenvalue weighted by atomic mass is 10.2. The van der Waals surface area contributed by atoms with E-state index >= 15 is 0 Å². The monoisotopic (exact) mass is 361 g/mol. The van der Waals surface area contributed by atoms with Crippen LogP contribution in [0.3, 0.4) is 0 Å². The van der Waals surface area contributed by atoms with Gasteiger partial charge in [0.25, 0.3) is 5.91 Å². The van der Waals surface area contributed by atoms with Crippen LogP contribution in [0.4, 0.5) is 17.1 Å². The van der Waals surface area contributed by atoms with Gasteiger partial charge in [-0.3, -0.25) is 9.78 Å². The summed E-state index contributed by atoms with van der Waals surface area (Å²) in [5.74, 6) is -0.834. The van der Waals surface area contributed by atoms with Crippen molar-refractivity contribution in [1.29, 1.82) is 0 Å². The summed E-state index contributed by atoms with van der Waals surface area (Å²) in [5.41, 5.74) is 3.92. The number of carbonyl (C=O) groups is 2. The second kappa shape index (κ2) is 8.14. The lowest BCUT2D eigenvalue weighted by Gasteiger charge is -2.11. The van der Waals surface area contributed by atoms with Crippen LogP contribution in [0.2, 0.25) is 0 Å². The van der Waals surface area contributed by atoms with Gasteiger partial charge in [-0.2, -0.15) is 0 Å². The first kappa shape index (κ1) is 18.1. The largest absolute Gasteiger partial charge is 0.465 e. The van der Waals surface area contributed by atoms with Gasteiger partial charge in [0.1, 0.15) is 5.69 Å². The number of benzene rings is 2. The molecule has 0 spiro atoms. The molecule has 2 aromatic carbocycles. The van der Waals surface area contributed by atoms with Crippen molar-refractivity contribution < 1.29 is 14.3 Å². The maximum absolute atomic E-state index is 12.5. The highest BCUT2D eigenvalue weighted by molar-refractivity contribution is 6.04. The number of ether oxygens (including phenoxy) is 1. The van der Waals surface area contributed by atoms with Gasteiger partial charge in [-0.25, -0.2) is 4.79 Å². The van der Waals surface area contributed by atoms with Crippen molar-refractivity contribution in [3.63, 3.8) is 0 Å². The number of nitrogens with one attached hydrogen (secondary N) is 2. The zero-order valence-corrected chi connectivity index (χ0v) is 15.0. The number of aromatic nitrogens is 1. The molecule has 0 radical (unpaired) electrons. The van der Waals surface area contributed by atoms with Gasteiger partial charge in [0.05, 0.1) is 12.7 Å². The van der Waals surface area contributed by atoms with E-state index in [1.807, 2.05) is 31.2 Å². The number of hydrogen-bond acceptors (Lipinski definition) is 5. The molecule has 3 aromatic rings. The van der Waals surface area contributed by atoms with Crippen molar-refractivity contribution in [2.75, 3.05) is 17.7 Å². The highest BCUT2D eigenvalue weighted by Gasteiger charge is 2.11. The fraction of sp³-hybridized carbons (Fsp3) is 0.0952. The first-order valence-corrected chi connectivity index (χ1v) is 8.35. The number of para-hydroxylation sites is 1. The standard InChI is InChI=1S/C21H19N3O3/c1-14-6-3-4-9-18(14)23-17-10-11-22-19(13-17)20(25)24-16-8-5-7-15(12-16)21(26)27-2/h3-13H,1-2H3,(H,22,23)(H,24,25). The molecule has 2 N–H and O–H groups in total. The summed E-state index contributed by atoms with van der Waals surface area (Å²) in [7, 11) is 1.31. The van der Waals surface area contributed by atoms with Crippen LogP contribution in [0.5, 0.6) is 0 Å². The van der Waals surface area contributed by atoms with Gasteiger partial charge < -0.3 is 15.4 Å². The molecular weight excluding hydrogens is 342 g/mol. The van der Waals surface area contributed by atoms with E-state index in [-0.39, 0.29) is 11.6 Å². The predicted molar refractivity (Wildman–Crippen MR) is 104 cm³/mol. The van der Waals surface area contributed by atoms with Gasteiger partial charge in [0.2, 0.25) is 0 Å². The Morgan fingerprint density at radius 1 is 0.963 bits per heavy atom. The zero-order chi connectivity index (χ0) is 19.2. The van der Waals surface area contributed by atoms with Gasteiger partial charge in [0, 0.05) is 23.3 Å². The first-order valence-electron chi connectivity index (χ1n) is 8.35. The number of hydrogen-bond donors (Lipinski definition) is 2. The Morgan fingerprint density at radius 3 is 2.56 bits per heavy atom. The molecule has 1 aromatic heterocycles. The van der Waals surface area contributed by atoms with E-state index in [0.29, 0.717) is 11.3 Å². The van der Waals surface area contributed by atoms with Gasteiger partial charge in [-0.1, -0.05) is 24.3 Å². The van der Waals surface area contributed by atoms with Crippen LogP contribution in [-0.4, -0.2) is 24.0 Å². The Kier molecular flexibility index (Phi) is 5.47. The van der Waals surface area contributed by atoms with E-state index in [1.54, 1.807) is 42.6 Å². The molecule has 0 aliphatic rings. The zero-order valence-electron chi connectivity index (χ0n) is 15.0. The normalized spacial score (nSPS) is 10.1. The quantitative estimate of drug-likeness (QED) is 0.667. The van der Waals surface area contributed by atoms with Crippen LogP contribution in [0.15, 0.2) is 66.9 Å². The number of carbonyl (C=O) groups excluding carboxylic acids is 2. The smallest absolute Gasteiger partial charge is 0.337 e. The third-order valence-corrected chi connectivity index (χ3v) is 3.96. The van der Waals surface area contributed by atoms with E-state index < -0.39 is 5.97 Å². The predicted octanol–water partition coefficient (Wildman–Crippen LogP) is 4.17. The SMILES string of the molecule is COC(=O)c1cccc(NC(=O)c2cc(Nc3ccccc3C)ccn2)c1. The average molecular weight is 361 g/mol. The fourth-order valence-corrected chi connectivity index (χ4v) is 2.54. The molecule has 3 rings (SSSR count). The summed E-state index contributed by atoms with van der Waals surface area (Å²) >= 11 is 0. The molecular formula is C21H19N3O3. The van der Waals surface area contributed by atoms with Crippen LogP contribution in [0, 0.1) is 6.92 Å². The highest BCUT2D eigenvalue weighted by Crippen LogP contribution is 2.20. The molecule has 0 aliphatic heterocycles. The average Bonchev–Trinajstić information content (AvgIpc) is 2.69. The lowest BCUT2D eigenvalue weighted by molar-refractivity contribution is 0.0600. The van der Waals surface area contributed by atoms with Crippen molar-refractivity contribution in [3.05, 3.63) is 83.7 Å². The van der Waals surface area contributed by atoms with Gasteiger partial charge in [0.15, 0.2) is 0 Å². The maximum Gasteiger partial charge on any atom is 0.337 e. The van der Waals surface area contributed by atoms with E-state index in [4.69, 9.17) is 4.74 Å². The Morgan fingerprint density at radius 2 is 1.78 bits per heavy atom. The first-order chi connectivity index (χ1) is 13.1. The second-order valence-corrected chi connectivity index (χ2v) is 5.90. The molecule has 1 amide bonds. The van der Waals surface area contributed by atoms with Crippen molar-refractivity contribution in [3.8, 4) is 0 Å². The maximum atomic E-state index is 12.5. The van der Waals surface area contributed by atoms with Crippen LogP contribution >= 0.6 is 0 Å². The molecule has 0 unspecified atom stereocenters. The Bertz CT molecular complexity index is 986. The third-order valence-electron chi connectivity index (χ3n) is 3.96. The number of rotatable bonds is 5. The summed E-state index contributed by atoms with van der Waals surface area (Å²) in [5, 5.41) is 6.02. The minimum atomic E-state index is -0.464. The molecule has 0 fully saturated rings. The summed E-state index contributed by atoms with van der Waals surface area (Å²) in [6.07, 6.45) is 1.57. The number of nitrogens with zero attached hydrogens (tertiary/aromatic N) is 1. The minimum absolute atomic E-state index is 0.261. The molecule has 6 nitrogen and oxygen atoms in total. The Labute approximate surface area is 157 Å². The number of esters is 1. The van der Waals surface area contributed by atoms with Crippen LogP contribution < -0.4 is 10.6 Å². The van der Waals surface area contributed by atoms with E-state index in [2.05, 4.69) is 15.6 Å². The second-order valence-electron chi connectivity index (χ2n) is 5.90.